The molecule has 2 heterocycles. The lowest BCUT2D eigenvalue weighted by Gasteiger charge is -2.30. The zero-order valence-corrected chi connectivity index (χ0v) is 15.3. The summed E-state index contributed by atoms with van der Waals surface area (Å²) < 4.78 is 0. The van der Waals surface area contributed by atoms with Crippen LogP contribution in [0.15, 0.2) is 18.3 Å². The van der Waals surface area contributed by atoms with Crippen LogP contribution >= 0.6 is 0 Å². The van der Waals surface area contributed by atoms with E-state index in [0.717, 1.165) is 45.1 Å². The number of carbonyl (C=O) groups is 2. The molecule has 0 atom stereocenters. The Morgan fingerprint density at radius 3 is 2.42 bits per heavy atom. The summed E-state index contributed by atoms with van der Waals surface area (Å²) in [5, 5.41) is 2.96. The van der Waals surface area contributed by atoms with Crippen molar-refractivity contribution in [2.45, 2.75) is 63.8 Å². The first-order valence-electron chi connectivity index (χ1n) is 10.1. The monoisotopic (exact) mass is 356 g/mol. The van der Waals surface area contributed by atoms with Crippen LogP contribution in [0.3, 0.4) is 0 Å². The molecule has 4 rings (SSSR count). The molecule has 0 unspecified atom stereocenters. The van der Waals surface area contributed by atoms with Crippen LogP contribution in [0.2, 0.25) is 0 Å². The molecule has 26 heavy (non-hydrogen) atoms. The van der Waals surface area contributed by atoms with E-state index in [-0.39, 0.29) is 17.9 Å². The Labute approximate surface area is 155 Å². The summed E-state index contributed by atoms with van der Waals surface area (Å²) in [5.41, 5.74) is 0.710. The zero-order valence-electron chi connectivity index (χ0n) is 15.3. The van der Waals surface area contributed by atoms with Crippen molar-refractivity contribution in [1.82, 2.24) is 9.88 Å². The molecule has 3 aliphatic rings. The predicted molar refractivity (Wildman–Crippen MR) is 101 cm³/mol. The van der Waals surface area contributed by atoms with Crippen LogP contribution in [-0.4, -0.2) is 41.0 Å². The van der Waals surface area contributed by atoms with Gasteiger partial charge in [-0.3, -0.25) is 9.69 Å². The fraction of sp³-hybridized carbons (Fsp3) is 0.650. The summed E-state index contributed by atoms with van der Waals surface area (Å²) in [6, 6.07) is 4.16. The predicted octanol–water partition coefficient (Wildman–Crippen LogP) is 3.79. The summed E-state index contributed by atoms with van der Waals surface area (Å²) >= 11 is 0. The number of hydrogen-bond donors (Lipinski definition) is 1. The molecule has 1 saturated heterocycles. The molecular formula is C20H28N4O2. The van der Waals surface area contributed by atoms with E-state index in [0.29, 0.717) is 24.1 Å². The summed E-state index contributed by atoms with van der Waals surface area (Å²) in [6.07, 6.45) is 11.9. The molecule has 3 fully saturated rings. The van der Waals surface area contributed by atoms with Crippen LogP contribution in [-0.2, 0) is 4.79 Å². The first kappa shape index (κ1) is 17.3. The van der Waals surface area contributed by atoms with Gasteiger partial charge in [0.2, 0.25) is 5.91 Å². The van der Waals surface area contributed by atoms with E-state index in [1.807, 2.05) is 17.0 Å². The molecule has 3 amide bonds. The Bertz CT molecular complexity index is 648. The Hall–Kier alpha value is -2.11. The molecular weight excluding hydrogens is 328 g/mol. The second-order valence-electron chi connectivity index (χ2n) is 7.80. The summed E-state index contributed by atoms with van der Waals surface area (Å²) in [4.78, 5) is 33.2. The van der Waals surface area contributed by atoms with E-state index in [1.165, 1.54) is 19.3 Å². The maximum atomic E-state index is 12.8. The maximum Gasteiger partial charge on any atom is 0.326 e. The maximum absolute atomic E-state index is 12.8. The third-order valence-electron chi connectivity index (χ3n) is 6.07. The number of urea groups is 1. The molecule has 1 aromatic heterocycles. The average molecular weight is 356 g/mol. The molecule has 1 aliphatic heterocycles. The Kier molecular flexibility index (Phi) is 5.09. The van der Waals surface area contributed by atoms with Crippen LogP contribution in [0.4, 0.5) is 16.3 Å². The largest absolute Gasteiger partial charge is 0.326 e. The SMILES string of the molecule is O=C(Nc1ccc(N2CCN(C3CCCCC3)C2=O)nc1)C1CCCC1. The van der Waals surface area contributed by atoms with Crippen molar-refractivity contribution in [1.29, 1.82) is 0 Å². The van der Waals surface area contributed by atoms with Crippen LogP contribution in [0.5, 0.6) is 0 Å². The lowest BCUT2D eigenvalue weighted by Crippen LogP contribution is -2.40. The molecule has 0 aromatic carbocycles. The normalized spacial score (nSPS) is 22.2. The number of pyridine rings is 1. The number of amides is 3. The van der Waals surface area contributed by atoms with E-state index in [1.54, 1.807) is 11.1 Å². The second kappa shape index (κ2) is 7.64. The summed E-state index contributed by atoms with van der Waals surface area (Å²) in [6.45, 7) is 1.47. The van der Waals surface area contributed by atoms with Gasteiger partial charge in [-0.05, 0) is 37.8 Å². The van der Waals surface area contributed by atoms with Gasteiger partial charge >= 0.3 is 6.03 Å². The fourth-order valence-corrected chi connectivity index (χ4v) is 4.55. The van der Waals surface area contributed by atoms with Crippen LogP contribution < -0.4 is 10.2 Å². The highest BCUT2D eigenvalue weighted by Gasteiger charge is 2.35. The number of hydrogen-bond acceptors (Lipinski definition) is 3. The average Bonchev–Trinajstić information content (AvgIpc) is 3.33. The van der Waals surface area contributed by atoms with Crippen molar-refractivity contribution in [3.8, 4) is 0 Å². The third kappa shape index (κ3) is 3.55. The highest BCUT2D eigenvalue weighted by molar-refractivity contribution is 5.94. The molecule has 2 aliphatic carbocycles. The highest BCUT2D eigenvalue weighted by atomic mass is 16.2. The van der Waals surface area contributed by atoms with Crippen molar-refractivity contribution in [2.75, 3.05) is 23.3 Å². The third-order valence-corrected chi connectivity index (χ3v) is 6.07. The van der Waals surface area contributed by atoms with E-state index in [4.69, 9.17) is 0 Å². The molecule has 6 heteroatoms. The van der Waals surface area contributed by atoms with Gasteiger partial charge in [-0.25, -0.2) is 9.78 Å². The van der Waals surface area contributed by atoms with Crippen molar-refractivity contribution in [2.24, 2.45) is 5.92 Å². The molecule has 0 radical (unpaired) electrons. The smallest absolute Gasteiger partial charge is 0.324 e. The minimum absolute atomic E-state index is 0.0761. The second-order valence-corrected chi connectivity index (χ2v) is 7.80. The van der Waals surface area contributed by atoms with Gasteiger partial charge in [0.05, 0.1) is 11.9 Å². The number of aromatic nitrogens is 1. The van der Waals surface area contributed by atoms with E-state index >= 15 is 0 Å². The van der Waals surface area contributed by atoms with E-state index in [9.17, 15) is 9.59 Å². The molecule has 2 saturated carbocycles. The lowest BCUT2D eigenvalue weighted by atomic mass is 9.94. The number of anilines is 2. The number of nitrogens with one attached hydrogen (secondary N) is 1. The van der Waals surface area contributed by atoms with Crippen molar-refractivity contribution >= 4 is 23.4 Å². The molecule has 0 bridgehead atoms. The molecule has 1 aromatic rings. The van der Waals surface area contributed by atoms with E-state index in [2.05, 4.69) is 10.3 Å². The van der Waals surface area contributed by atoms with Gasteiger partial charge in [-0.1, -0.05) is 32.1 Å². The minimum Gasteiger partial charge on any atom is -0.324 e. The molecule has 0 spiro atoms. The number of rotatable bonds is 4. The summed E-state index contributed by atoms with van der Waals surface area (Å²) in [5.74, 6) is 0.906. The van der Waals surface area contributed by atoms with Gasteiger partial charge in [-0.15, -0.1) is 0 Å². The van der Waals surface area contributed by atoms with Gasteiger partial charge in [0.1, 0.15) is 5.82 Å². The van der Waals surface area contributed by atoms with Crippen molar-refractivity contribution in [3.63, 3.8) is 0 Å². The fourth-order valence-electron chi connectivity index (χ4n) is 4.55. The van der Waals surface area contributed by atoms with Crippen molar-refractivity contribution in [3.05, 3.63) is 18.3 Å². The standard InChI is InChI=1S/C20H28N4O2/c25-19(15-6-4-5-7-15)22-16-10-11-18(21-14-16)24-13-12-23(20(24)26)17-8-2-1-3-9-17/h10-11,14-15,17H,1-9,12-13H2,(H,22,25). The lowest BCUT2D eigenvalue weighted by molar-refractivity contribution is -0.119. The van der Waals surface area contributed by atoms with Crippen molar-refractivity contribution < 1.29 is 9.59 Å². The van der Waals surface area contributed by atoms with Gasteiger partial charge in [0, 0.05) is 25.0 Å². The number of nitrogens with zero attached hydrogens (tertiary/aromatic N) is 3. The molecule has 6 nitrogen and oxygen atoms in total. The summed E-state index contributed by atoms with van der Waals surface area (Å²) in [7, 11) is 0. The first-order chi connectivity index (χ1) is 12.7. The van der Waals surface area contributed by atoms with Gasteiger partial charge < -0.3 is 10.2 Å². The minimum atomic E-state index is 0.0761. The van der Waals surface area contributed by atoms with Crippen LogP contribution in [0.25, 0.3) is 0 Å². The van der Waals surface area contributed by atoms with E-state index < -0.39 is 0 Å². The molecule has 1 N–H and O–H groups in total. The quantitative estimate of drug-likeness (QED) is 0.893. The van der Waals surface area contributed by atoms with Crippen LogP contribution in [0, 0.1) is 5.92 Å². The Morgan fingerprint density at radius 1 is 1.00 bits per heavy atom. The van der Waals surface area contributed by atoms with Gasteiger partial charge in [0.15, 0.2) is 0 Å². The Balaban J connectivity index is 1.37. The molecule has 140 valence electrons. The van der Waals surface area contributed by atoms with Gasteiger partial charge in [-0.2, -0.15) is 0 Å². The zero-order chi connectivity index (χ0) is 17.9. The first-order valence-corrected chi connectivity index (χ1v) is 10.1. The highest BCUT2D eigenvalue weighted by Crippen LogP contribution is 2.29. The Morgan fingerprint density at radius 2 is 1.73 bits per heavy atom. The van der Waals surface area contributed by atoms with Crippen LogP contribution in [0.1, 0.15) is 57.8 Å². The number of carbonyl (C=O) groups excluding carboxylic acids is 2. The topological polar surface area (TPSA) is 65.5 Å². The van der Waals surface area contributed by atoms with Gasteiger partial charge in [0.25, 0.3) is 0 Å².